The maximum Gasteiger partial charge on any atom is 0.147 e. The predicted octanol–water partition coefficient (Wildman–Crippen LogP) is 4.92. The summed E-state index contributed by atoms with van der Waals surface area (Å²) in [5, 5.41) is 15.5. The largest absolute Gasteiger partial charge is 0.373 e. The average Bonchev–Trinajstić information content (AvgIpc) is 3.35. The third kappa shape index (κ3) is 6.37. The van der Waals surface area contributed by atoms with E-state index in [9.17, 15) is 4.39 Å². The molecule has 1 aliphatic rings. The van der Waals surface area contributed by atoms with Gasteiger partial charge in [0.25, 0.3) is 0 Å². The van der Waals surface area contributed by atoms with Crippen molar-refractivity contribution in [3.8, 4) is 10.6 Å². The molecule has 4 aromatic rings. The zero-order chi connectivity index (χ0) is 24.6. The quantitative estimate of drug-likeness (QED) is 0.411. The van der Waals surface area contributed by atoms with Gasteiger partial charge in [-0.1, -0.05) is 36.1 Å². The number of benzene rings is 1. The predicted molar refractivity (Wildman–Crippen MR) is 144 cm³/mol. The fourth-order valence-electron chi connectivity index (χ4n) is 3.88. The molecule has 0 bridgehead atoms. The number of aromatic nitrogens is 4. The Hall–Kier alpha value is -3.43. The van der Waals surface area contributed by atoms with Gasteiger partial charge in [0.2, 0.25) is 0 Å². The number of nitrogens with one attached hydrogen (secondary N) is 1. The van der Waals surface area contributed by atoms with Crippen LogP contribution in [0.3, 0.4) is 0 Å². The van der Waals surface area contributed by atoms with Gasteiger partial charge in [-0.25, -0.2) is 14.4 Å². The molecule has 3 aromatic heterocycles. The van der Waals surface area contributed by atoms with E-state index in [-0.39, 0.29) is 6.67 Å². The van der Waals surface area contributed by atoms with Gasteiger partial charge in [0.05, 0.1) is 0 Å². The molecule has 1 saturated heterocycles. The van der Waals surface area contributed by atoms with E-state index in [0.29, 0.717) is 6.54 Å². The van der Waals surface area contributed by atoms with E-state index < -0.39 is 0 Å². The van der Waals surface area contributed by atoms with Crippen LogP contribution in [0.5, 0.6) is 0 Å². The molecule has 1 aromatic carbocycles. The summed E-state index contributed by atoms with van der Waals surface area (Å²) in [7, 11) is 1.87. The number of piperazine rings is 1. The van der Waals surface area contributed by atoms with Gasteiger partial charge in [-0.15, -0.1) is 10.2 Å². The number of halogens is 1. The van der Waals surface area contributed by atoms with Crippen molar-refractivity contribution in [3.05, 3.63) is 65.9 Å². The van der Waals surface area contributed by atoms with Crippen LogP contribution in [0.4, 0.5) is 16.0 Å². The summed E-state index contributed by atoms with van der Waals surface area (Å²) in [5.41, 5.74) is 2.18. The number of hydrogen-bond donors (Lipinski definition) is 1. The number of anilines is 2. The second kappa shape index (κ2) is 11.8. The number of aryl methyl sites for hydroxylation is 1. The van der Waals surface area contributed by atoms with Crippen molar-refractivity contribution >= 4 is 39.8 Å². The Morgan fingerprint density at radius 3 is 2.57 bits per heavy atom. The molecule has 1 fully saturated rings. The zero-order valence-corrected chi connectivity index (χ0v) is 20.9. The molecule has 182 valence electrons. The molecular weight excluding hydrogens is 461 g/mol. The van der Waals surface area contributed by atoms with Crippen LogP contribution in [-0.2, 0) is 0 Å². The Labute approximate surface area is 209 Å². The highest BCUT2D eigenvalue weighted by Gasteiger charge is 2.17. The van der Waals surface area contributed by atoms with Gasteiger partial charge in [0.15, 0.2) is 0 Å². The topological polar surface area (TPSA) is 70.1 Å². The van der Waals surface area contributed by atoms with E-state index in [1.54, 1.807) is 17.5 Å². The Kier molecular flexibility index (Phi) is 8.33. The first-order valence-corrected chi connectivity index (χ1v) is 12.4. The summed E-state index contributed by atoms with van der Waals surface area (Å²) < 4.78 is 12.2. The minimum atomic E-state index is -0.260. The van der Waals surface area contributed by atoms with Crippen molar-refractivity contribution in [2.75, 3.05) is 56.7 Å². The smallest absolute Gasteiger partial charge is 0.147 e. The van der Waals surface area contributed by atoms with Crippen LogP contribution in [0.25, 0.3) is 27.4 Å². The first kappa shape index (κ1) is 24.7. The number of hydrogen-bond acceptors (Lipinski definition) is 8. The van der Waals surface area contributed by atoms with Crippen molar-refractivity contribution in [1.29, 1.82) is 0 Å². The summed E-state index contributed by atoms with van der Waals surface area (Å²) in [6.07, 6.45) is 5.50. The Morgan fingerprint density at radius 2 is 1.89 bits per heavy atom. The highest BCUT2D eigenvalue weighted by Crippen LogP contribution is 2.27. The molecule has 1 N–H and O–H groups in total. The molecule has 0 saturated carbocycles. The minimum absolute atomic E-state index is 0.260. The summed E-state index contributed by atoms with van der Waals surface area (Å²) in [4.78, 5) is 13.0. The van der Waals surface area contributed by atoms with Crippen molar-refractivity contribution in [3.63, 3.8) is 0 Å². The zero-order valence-electron chi connectivity index (χ0n) is 20.1. The molecule has 35 heavy (non-hydrogen) atoms. The number of rotatable bonds is 6. The molecule has 0 unspecified atom stereocenters. The SMILES string of the molecule is C=Cc1ccnc(N2CCN(CCF)CC2)c1.CNc1cc2cc(-c3nnc(C)s3)ccc2cn1. The number of alkyl halides is 1. The molecule has 0 aliphatic carbocycles. The molecule has 5 rings (SSSR count). The van der Waals surface area contributed by atoms with Crippen LogP contribution in [0.2, 0.25) is 0 Å². The third-order valence-electron chi connectivity index (χ3n) is 5.85. The molecule has 0 radical (unpaired) electrons. The molecule has 0 atom stereocenters. The van der Waals surface area contributed by atoms with Gasteiger partial charge < -0.3 is 10.2 Å². The van der Waals surface area contributed by atoms with Crippen LogP contribution < -0.4 is 10.2 Å². The molecule has 9 heteroatoms. The molecule has 0 amide bonds. The van der Waals surface area contributed by atoms with Gasteiger partial charge in [-0.3, -0.25) is 4.90 Å². The first-order chi connectivity index (χ1) is 17.1. The first-order valence-electron chi connectivity index (χ1n) is 11.6. The number of fused-ring (bicyclic) bond motifs is 1. The normalized spacial score (nSPS) is 13.9. The van der Waals surface area contributed by atoms with Crippen molar-refractivity contribution in [2.45, 2.75) is 6.92 Å². The monoisotopic (exact) mass is 491 g/mol. The Morgan fingerprint density at radius 1 is 1.06 bits per heavy atom. The molecule has 1 aliphatic heterocycles. The average molecular weight is 492 g/mol. The molecule has 0 spiro atoms. The molecule has 4 heterocycles. The van der Waals surface area contributed by atoms with Crippen LogP contribution in [0, 0.1) is 6.92 Å². The van der Waals surface area contributed by atoms with Gasteiger partial charge in [0.1, 0.15) is 28.3 Å². The maximum atomic E-state index is 12.2. The fraction of sp³-hybridized carbons (Fsp3) is 0.308. The van der Waals surface area contributed by atoms with E-state index in [1.807, 2.05) is 44.4 Å². The van der Waals surface area contributed by atoms with Crippen LogP contribution in [-0.4, -0.2) is 71.5 Å². The van der Waals surface area contributed by atoms with Gasteiger partial charge >= 0.3 is 0 Å². The standard InChI is InChI=1S/C13H18FN3.C13H12N4S/c1-2-12-3-5-15-13(11-12)17-9-7-16(6-4-14)8-10-17;1-8-16-17-13(18-8)9-3-4-10-7-15-12(14-2)6-11(10)5-9/h2-3,5,11H,1,4,6-10H2;3-7H,1-2H3,(H,14,15). The van der Waals surface area contributed by atoms with Gasteiger partial charge in [-0.2, -0.15) is 0 Å². The van der Waals surface area contributed by atoms with Gasteiger partial charge in [-0.05, 0) is 42.1 Å². The number of pyridine rings is 2. The highest BCUT2D eigenvalue weighted by atomic mass is 32.1. The van der Waals surface area contributed by atoms with E-state index in [1.165, 1.54) is 0 Å². The van der Waals surface area contributed by atoms with Crippen molar-refractivity contribution in [2.24, 2.45) is 0 Å². The summed E-state index contributed by atoms with van der Waals surface area (Å²) in [6, 6.07) is 12.3. The Balaban J connectivity index is 0.000000165. The number of nitrogens with zero attached hydrogens (tertiary/aromatic N) is 6. The van der Waals surface area contributed by atoms with E-state index in [2.05, 4.69) is 60.1 Å². The summed E-state index contributed by atoms with van der Waals surface area (Å²) in [6.45, 7) is 9.64. The van der Waals surface area contributed by atoms with Crippen LogP contribution >= 0.6 is 11.3 Å². The summed E-state index contributed by atoms with van der Waals surface area (Å²) in [5.74, 6) is 1.86. The lowest BCUT2D eigenvalue weighted by molar-refractivity contribution is 0.235. The Bertz CT molecular complexity index is 1270. The lowest BCUT2D eigenvalue weighted by Gasteiger charge is -2.34. The molecule has 7 nitrogen and oxygen atoms in total. The minimum Gasteiger partial charge on any atom is -0.373 e. The van der Waals surface area contributed by atoms with E-state index in [0.717, 1.165) is 69.7 Å². The fourth-order valence-corrected chi connectivity index (χ4v) is 4.57. The maximum absolute atomic E-state index is 12.2. The molecular formula is C26H30FN7S. The van der Waals surface area contributed by atoms with Gasteiger partial charge in [0, 0.05) is 63.1 Å². The lowest BCUT2D eigenvalue weighted by atomic mass is 10.1. The summed E-state index contributed by atoms with van der Waals surface area (Å²) >= 11 is 1.61. The van der Waals surface area contributed by atoms with Crippen molar-refractivity contribution in [1.82, 2.24) is 25.1 Å². The second-order valence-electron chi connectivity index (χ2n) is 8.18. The third-order valence-corrected chi connectivity index (χ3v) is 6.74. The lowest BCUT2D eigenvalue weighted by Crippen LogP contribution is -2.47. The van der Waals surface area contributed by atoms with Crippen LogP contribution in [0.1, 0.15) is 10.6 Å². The van der Waals surface area contributed by atoms with E-state index in [4.69, 9.17) is 0 Å². The highest BCUT2D eigenvalue weighted by molar-refractivity contribution is 7.14. The van der Waals surface area contributed by atoms with Crippen molar-refractivity contribution < 1.29 is 4.39 Å². The second-order valence-corrected chi connectivity index (χ2v) is 9.36. The van der Waals surface area contributed by atoms with Crippen LogP contribution in [0.15, 0.2) is 55.4 Å². The van der Waals surface area contributed by atoms with E-state index >= 15 is 0 Å².